The Morgan fingerprint density at radius 1 is 1.27 bits per heavy atom. The molecule has 0 spiro atoms. The van der Waals surface area contributed by atoms with Crippen LogP contribution in [0.2, 0.25) is 5.02 Å². The van der Waals surface area contributed by atoms with Gasteiger partial charge in [0.2, 0.25) is 5.91 Å². The van der Waals surface area contributed by atoms with Gasteiger partial charge in [0.05, 0.1) is 29.9 Å². The number of carbonyl (C=O) groups excluding carboxylic acids is 1. The van der Waals surface area contributed by atoms with Gasteiger partial charge in [-0.05, 0) is 23.8 Å². The van der Waals surface area contributed by atoms with Gasteiger partial charge in [0, 0.05) is 43.4 Å². The largest absolute Gasteiger partial charge is 0.372 e. The Kier molecular flexibility index (Phi) is 7.25. The van der Waals surface area contributed by atoms with Crippen molar-refractivity contribution in [1.82, 2.24) is 15.3 Å². The molecule has 4 rings (SSSR count). The zero-order valence-corrected chi connectivity index (χ0v) is 17.5. The van der Waals surface area contributed by atoms with Crippen LogP contribution in [0.25, 0.3) is 0 Å². The van der Waals surface area contributed by atoms with Crippen LogP contribution in [0.15, 0.2) is 46.4 Å². The van der Waals surface area contributed by atoms with Crippen molar-refractivity contribution in [3.63, 3.8) is 0 Å². The number of rotatable bonds is 4. The predicted molar refractivity (Wildman–Crippen MR) is 114 cm³/mol. The van der Waals surface area contributed by atoms with Gasteiger partial charge in [-0.3, -0.25) is 9.59 Å². The van der Waals surface area contributed by atoms with Crippen LogP contribution in [-0.4, -0.2) is 35.9 Å². The summed E-state index contributed by atoms with van der Waals surface area (Å²) in [5.74, 6) is -0.775. The third-order valence-corrected chi connectivity index (χ3v) is 5.39. The first kappa shape index (κ1) is 22.4. The Morgan fingerprint density at radius 2 is 2.10 bits per heavy atom. The van der Waals surface area contributed by atoms with Crippen molar-refractivity contribution < 1.29 is 13.9 Å². The van der Waals surface area contributed by atoms with E-state index >= 15 is 0 Å². The highest BCUT2D eigenvalue weighted by Gasteiger charge is 2.27. The Bertz CT molecular complexity index is 1030. The number of hydrogen-bond acceptors (Lipinski definition) is 5. The standard InChI is InChI=1S/C20H20ClFN4O3.ClH/c21-15-2-1-13(7-16(15)22)20-14(10-23-4-6-29-20)11-26-5-3-12(8-19(26)28)17-9-18(27)25-24-17;/h1-3,5,7-8,14,20,23H,4,6,9-11H2,(H,25,27);1H/t14-,20-;/m0./s1. The molecule has 2 atom stereocenters. The summed E-state index contributed by atoms with van der Waals surface area (Å²) >= 11 is 5.81. The minimum absolute atomic E-state index is 0. The highest BCUT2D eigenvalue weighted by Crippen LogP contribution is 2.30. The van der Waals surface area contributed by atoms with Crippen LogP contribution >= 0.6 is 24.0 Å². The molecule has 0 radical (unpaired) electrons. The Morgan fingerprint density at radius 3 is 2.80 bits per heavy atom. The number of amides is 1. The van der Waals surface area contributed by atoms with Crippen molar-refractivity contribution in [2.24, 2.45) is 11.0 Å². The number of carbonyl (C=O) groups is 1. The van der Waals surface area contributed by atoms with E-state index in [9.17, 15) is 14.0 Å². The third kappa shape index (κ3) is 4.89. The lowest BCUT2D eigenvalue weighted by Crippen LogP contribution is -2.32. The summed E-state index contributed by atoms with van der Waals surface area (Å²) in [4.78, 5) is 24.0. The van der Waals surface area contributed by atoms with E-state index in [0.717, 1.165) is 0 Å². The molecule has 1 aromatic carbocycles. The lowest BCUT2D eigenvalue weighted by atomic mass is 9.95. The van der Waals surface area contributed by atoms with Crippen LogP contribution in [0.1, 0.15) is 23.7 Å². The van der Waals surface area contributed by atoms with Gasteiger partial charge in [-0.15, -0.1) is 12.4 Å². The van der Waals surface area contributed by atoms with E-state index < -0.39 is 5.82 Å². The summed E-state index contributed by atoms with van der Waals surface area (Å²) in [6.45, 7) is 2.18. The number of ether oxygens (including phenoxy) is 1. The Hall–Kier alpha value is -2.26. The Balaban J connectivity index is 0.00000256. The quantitative estimate of drug-likeness (QED) is 0.741. The topological polar surface area (TPSA) is 84.7 Å². The summed E-state index contributed by atoms with van der Waals surface area (Å²) < 4.78 is 21.5. The number of aromatic nitrogens is 1. The molecular weight excluding hydrogens is 434 g/mol. The van der Waals surface area contributed by atoms with Gasteiger partial charge in [0.1, 0.15) is 5.82 Å². The number of hydrazone groups is 1. The molecule has 2 aliphatic heterocycles. The molecule has 1 amide bonds. The number of hydrogen-bond donors (Lipinski definition) is 2. The highest BCUT2D eigenvalue weighted by molar-refractivity contribution is 6.30. The molecule has 160 valence electrons. The van der Waals surface area contributed by atoms with Crippen LogP contribution in [0.4, 0.5) is 4.39 Å². The molecular formula is C20H21Cl2FN4O3. The first-order chi connectivity index (χ1) is 14.0. The van der Waals surface area contributed by atoms with Crippen LogP contribution in [0, 0.1) is 11.7 Å². The minimum atomic E-state index is -0.495. The molecule has 1 aromatic heterocycles. The monoisotopic (exact) mass is 454 g/mol. The molecule has 1 fully saturated rings. The number of pyridine rings is 1. The summed E-state index contributed by atoms with van der Waals surface area (Å²) in [5.41, 5.74) is 4.04. The second-order valence-electron chi connectivity index (χ2n) is 7.11. The van der Waals surface area contributed by atoms with E-state index in [1.54, 1.807) is 22.9 Å². The van der Waals surface area contributed by atoms with Gasteiger partial charge >= 0.3 is 0 Å². The molecule has 10 heteroatoms. The van der Waals surface area contributed by atoms with E-state index in [1.807, 2.05) is 0 Å². The highest BCUT2D eigenvalue weighted by atomic mass is 35.5. The van der Waals surface area contributed by atoms with Crippen LogP contribution in [0.3, 0.4) is 0 Å². The van der Waals surface area contributed by atoms with Gasteiger partial charge in [-0.25, -0.2) is 9.82 Å². The fourth-order valence-corrected chi connectivity index (χ4v) is 3.74. The van der Waals surface area contributed by atoms with Crippen LogP contribution in [-0.2, 0) is 16.1 Å². The number of nitrogens with zero attached hydrogens (tertiary/aromatic N) is 2. The molecule has 1 saturated heterocycles. The molecule has 2 aliphatic rings. The minimum Gasteiger partial charge on any atom is -0.372 e. The SMILES string of the molecule is Cl.O=C1CC(c2ccn(C[C@@H]3CNCCO[C@H]3c3ccc(Cl)c(F)c3)c(=O)c2)=NN1. The molecule has 2 N–H and O–H groups in total. The fourth-order valence-electron chi connectivity index (χ4n) is 3.63. The smallest absolute Gasteiger partial charge is 0.251 e. The summed E-state index contributed by atoms with van der Waals surface area (Å²) in [6, 6.07) is 7.90. The van der Waals surface area contributed by atoms with Crippen molar-refractivity contribution in [3.05, 3.63) is 68.8 Å². The van der Waals surface area contributed by atoms with Crippen LogP contribution in [0.5, 0.6) is 0 Å². The first-order valence-corrected chi connectivity index (χ1v) is 9.72. The van der Waals surface area contributed by atoms with Gasteiger partial charge in [-0.2, -0.15) is 5.10 Å². The van der Waals surface area contributed by atoms with Crippen molar-refractivity contribution in [2.45, 2.75) is 19.1 Å². The molecule has 2 aromatic rings. The molecule has 0 unspecified atom stereocenters. The second kappa shape index (κ2) is 9.70. The predicted octanol–water partition coefficient (Wildman–Crippen LogP) is 2.26. The zero-order valence-electron chi connectivity index (χ0n) is 15.9. The maximum Gasteiger partial charge on any atom is 0.251 e. The summed E-state index contributed by atoms with van der Waals surface area (Å²) in [5, 5.41) is 7.31. The first-order valence-electron chi connectivity index (χ1n) is 9.35. The maximum absolute atomic E-state index is 14.0. The lowest BCUT2D eigenvalue weighted by molar-refractivity contribution is -0.119. The average Bonchev–Trinajstić information content (AvgIpc) is 3.00. The molecule has 0 saturated carbocycles. The van der Waals surface area contributed by atoms with Crippen molar-refractivity contribution in [3.8, 4) is 0 Å². The van der Waals surface area contributed by atoms with Gasteiger partial charge < -0.3 is 14.6 Å². The molecule has 0 bridgehead atoms. The fraction of sp³-hybridized carbons (Fsp3) is 0.350. The number of benzene rings is 1. The van der Waals surface area contributed by atoms with Crippen molar-refractivity contribution in [2.75, 3.05) is 19.7 Å². The molecule has 30 heavy (non-hydrogen) atoms. The van der Waals surface area contributed by atoms with Gasteiger partial charge in [0.15, 0.2) is 0 Å². The zero-order chi connectivity index (χ0) is 20.4. The lowest BCUT2D eigenvalue weighted by Gasteiger charge is -2.26. The Labute approximate surface area is 183 Å². The summed E-state index contributed by atoms with van der Waals surface area (Å²) in [7, 11) is 0. The number of nitrogens with one attached hydrogen (secondary N) is 2. The maximum atomic E-state index is 14.0. The third-order valence-electron chi connectivity index (χ3n) is 5.09. The van der Waals surface area contributed by atoms with Crippen molar-refractivity contribution >= 4 is 35.6 Å². The second-order valence-corrected chi connectivity index (χ2v) is 7.51. The molecule has 3 heterocycles. The summed E-state index contributed by atoms with van der Waals surface area (Å²) in [6.07, 6.45) is 1.48. The van der Waals surface area contributed by atoms with E-state index in [1.165, 1.54) is 18.2 Å². The molecule has 0 aliphatic carbocycles. The van der Waals surface area contributed by atoms with E-state index in [4.69, 9.17) is 16.3 Å². The normalized spacial score (nSPS) is 21.4. The van der Waals surface area contributed by atoms with E-state index in [-0.39, 0.29) is 47.3 Å². The average molecular weight is 455 g/mol. The van der Waals surface area contributed by atoms with Crippen molar-refractivity contribution in [1.29, 1.82) is 0 Å². The molecule has 7 nitrogen and oxygen atoms in total. The number of halogens is 3. The van der Waals surface area contributed by atoms with Gasteiger partial charge in [-0.1, -0.05) is 17.7 Å². The van der Waals surface area contributed by atoms with Crippen LogP contribution < -0.4 is 16.3 Å². The van der Waals surface area contributed by atoms with E-state index in [2.05, 4.69) is 15.8 Å². The van der Waals surface area contributed by atoms with Gasteiger partial charge in [0.25, 0.3) is 5.56 Å². The van der Waals surface area contributed by atoms with E-state index in [0.29, 0.717) is 43.1 Å².